The van der Waals surface area contributed by atoms with Gasteiger partial charge in [0.05, 0.1) is 18.3 Å². The van der Waals surface area contributed by atoms with Gasteiger partial charge < -0.3 is 5.32 Å². The summed E-state index contributed by atoms with van der Waals surface area (Å²) in [6.07, 6.45) is 3.16. The lowest BCUT2D eigenvalue weighted by Gasteiger charge is -2.09. The first-order valence-corrected chi connectivity index (χ1v) is 6.35. The monoisotopic (exact) mass is 266 g/mol. The lowest BCUT2D eigenvalue weighted by molar-refractivity contribution is 0.693. The summed E-state index contributed by atoms with van der Waals surface area (Å²) in [5, 5.41) is 7.87. The Morgan fingerprint density at radius 3 is 2.75 bits per heavy atom. The van der Waals surface area contributed by atoms with Crippen molar-refractivity contribution in [3.8, 4) is 0 Å². The average Bonchev–Trinajstić information content (AvgIpc) is 2.51. The number of benzene rings is 1. The van der Waals surface area contributed by atoms with Gasteiger partial charge in [-0.15, -0.1) is 0 Å². The largest absolute Gasteiger partial charge is 0.373 e. The molecule has 1 aromatic carbocycles. The molecule has 0 spiro atoms. The van der Waals surface area contributed by atoms with Gasteiger partial charge in [0.25, 0.3) is 0 Å². The zero-order chi connectivity index (χ0) is 13.9. The minimum Gasteiger partial charge on any atom is -0.373 e. The van der Waals surface area contributed by atoms with Crippen LogP contribution in [0.5, 0.6) is 0 Å². The molecule has 0 aliphatic carbocycles. The number of hydrogen-bond acceptors (Lipinski definition) is 4. The molecular formula is C15H14N4O. The zero-order valence-corrected chi connectivity index (χ0v) is 11.1. The van der Waals surface area contributed by atoms with E-state index in [1.54, 1.807) is 6.20 Å². The van der Waals surface area contributed by atoms with Crippen LogP contribution in [-0.4, -0.2) is 21.8 Å². The van der Waals surface area contributed by atoms with Gasteiger partial charge in [0.1, 0.15) is 5.82 Å². The maximum absolute atomic E-state index is 11.8. The highest BCUT2D eigenvalue weighted by molar-refractivity contribution is 5.77. The molecule has 0 saturated heterocycles. The topological polar surface area (TPSA) is 59.8 Å². The van der Waals surface area contributed by atoms with Gasteiger partial charge in [-0.1, -0.05) is 18.2 Å². The fourth-order valence-electron chi connectivity index (χ4n) is 2.13. The van der Waals surface area contributed by atoms with Crippen LogP contribution in [0.4, 0.5) is 5.82 Å². The first kappa shape index (κ1) is 12.3. The van der Waals surface area contributed by atoms with Gasteiger partial charge in [-0.25, -0.2) is 4.98 Å². The van der Waals surface area contributed by atoms with Crippen molar-refractivity contribution < 1.29 is 0 Å². The summed E-state index contributed by atoms with van der Waals surface area (Å²) < 4.78 is 1.81. The number of nitrogens with zero attached hydrogens (tertiary/aromatic N) is 3. The van der Waals surface area contributed by atoms with Gasteiger partial charge in [-0.05, 0) is 23.8 Å². The third-order valence-electron chi connectivity index (χ3n) is 3.18. The molecule has 3 aromatic rings. The summed E-state index contributed by atoms with van der Waals surface area (Å²) in [6.45, 7) is 0.581. The SMILES string of the molecule is CNc1ccc(Cn2ncc(=O)c3ccccc32)cn1. The van der Waals surface area contributed by atoms with E-state index in [9.17, 15) is 4.79 Å². The molecule has 0 amide bonds. The van der Waals surface area contributed by atoms with Gasteiger partial charge in [-0.2, -0.15) is 5.10 Å². The number of aromatic nitrogens is 3. The Hall–Kier alpha value is -2.69. The maximum Gasteiger partial charge on any atom is 0.207 e. The molecule has 2 aromatic heterocycles. The van der Waals surface area contributed by atoms with Gasteiger partial charge in [0.2, 0.25) is 5.43 Å². The van der Waals surface area contributed by atoms with E-state index in [0.717, 1.165) is 16.9 Å². The summed E-state index contributed by atoms with van der Waals surface area (Å²) in [7, 11) is 1.83. The van der Waals surface area contributed by atoms with Crippen LogP contribution in [0.2, 0.25) is 0 Å². The number of anilines is 1. The molecule has 0 atom stereocenters. The van der Waals surface area contributed by atoms with Crippen molar-refractivity contribution in [2.75, 3.05) is 12.4 Å². The fraction of sp³-hybridized carbons (Fsp3) is 0.133. The lowest BCUT2D eigenvalue weighted by Crippen LogP contribution is -2.13. The number of fused-ring (bicyclic) bond motifs is 1. The molecule has 5 nitrogen and oxygen atoms in total. The second-order valence-corrected chi connectivity index (χ2v) is 4.49. The van der Waals surface area contributed by atoms with Crippen molar-refractivity contribution in [2.24, 2.45) is 0 Å². The summed E-state index contributed by atoms with van der Waals surface area (Å²) in [5.74, 6) is 0.825. The molecule has 0 fully saturated rings. The number of para-hydroxylation sites is 1. The Kier molecular flexibility index (Phi) is 3.16. The molecule has 3 rings (SSSR count). The minimum atomic E-state index is -0.0551. The van der Waals surface area contributed by atoms with Crippen LogP contribution < -0.4 is 10.7 Å². The summed E-state index contributed by atoms with van der Waals surface area (Å²) in [4.78, 5) is 16.0. The molecule has 100 valence electrons. The number of pyridine rings is 1. The molecule has 0 unspecified atom stereocenters. The van der Waals surface area contributed by atoms with E-state index >= 15 is 0 Å². The second kappa shape index (κ2) is 5.13. The smallest absolute Gasteiger partial charge is 0.207 e. The predicted molar refractivity (Wildman–Crippen MR) is 78.9 cm³/mol. The molecule has 1 N–H and O–H groups in total. The Bertz CT molecular complexity index is 793. The van der Waals surface area contributed by atoms with Gasteiger partial charge in [0, 0.05) is 18.6 Å². The van der Waals surface area contributed by atoms with Crippen LogP contribution in [0.3, 0.4) is 0 Å². The van der Waals surface area contributed by atoms with Crippen molar-refractivity contribution in [2.45, 2.75) is 6.54 Å². The van der Waals surface area contributed by atoms with E-state index in [0.29, 0.717) is 11.9 Å². The Morgan fingerprint density at radius 1 is 1.15 bits per heavy atom. The first-order valence-electron chi connectivity index (χ1n) is 6.35. The van der Waals surface area contributed by atoms with Crippen molar-refractivity contribution in [1.29, 1.82) is 0 Å². The minimum absolute atomic E-state index is 0.0551. The molecule has 2 heterocycles. The summed E-state index contributed by atoms with van der Waals surface area (Å²) in [5.41, 5.74) is 1.81. The average molecular weight is 266 g/mol. The van der Waals surface area contributed by atoms with Crippen molar-refractivity contribution in [1.82, 2.24) is 14.8 Å². The molecule has 0 aliphatic heterocycles. The van der Waals surface area contributed by atoms with Crippen LogP contribution in [-0.2, 0) is 6.54 Å². The van der Waals surface area contributed by atoms with Crippen LogP contribution >= 0.6 is 0 Å². The van der Waals surface area contributed by atoms with Crippen LogP contribution in [0, 0.1) is 0 Å². The van der Waals surface area contributed by atoms with Crippen LogP contribution in [0.15, 0.2) is 53.6 Å². The van der Waals surface area contributed by atoms with E-state index in [4.69, 9.17) is 0 Å². The third-order valence-corrected chi connectivity index (χ3v) is 3.18. The standard InChI is InChI=1S/C15H14N4O/c1-16-15-7-6-11(8-17-15)10-19-13-5-3-2-4-12(13)14(20)9-18-19/h2-9H,10H2,1H3,(H,16,17). The summed E-state index contributed by atoms with van der Waals surface area (Å²) in [6, 6.07) is 11.4. The van der Waals surface area contributed by atoms with E-state index in [2.05, 4.69) is 15.4 Å². The highest BCUT2D eigenvalue weighted by atomic mass is 16.1. The van der Waals surface area contributed by atoms with Crippen molar-refractivity contribution in [3.05, 3.63) is 64.6 Å². The number of rotatable bonds is 3. The molecule has 0 saturated carbocycles. The predicted octanol–water partition coefficient (Wildman–Crippen LogP) is 1.88. The van der Waals surface area contributed by atoms with E-state index in [1.807, 2.05) is 48.1 Å². The quantitative estimate of drug-likeness (QED) is 0.786. The normalized spacial score (nSPS) is 10.7. The highest BCUT2D eigenvalue weighted by Crippen LogP contribution is 2.11. The first-order chi connectivity index (χ1) is 9.78. The van der Waals surface area contributed by atoms with Gasteiger partial charge in [0.15, 0.2) is 0 Å². The molecule has 0 bridgehead atoms. The van der Waals surface area contributed by atoms with E-state index in [-0.39, 0.29) is 5.43 Å². The molecule has 5 heteroatoms. The zero-order valence-electron chi connectivity index (χ0n) is 11.1. The van der Waals surface area contributed by atoms with Crippen molar-refractivity contribution in [3.63, 3.8) is 0 Å². The number of hydrogen-bond donors (Lipinski definition) is 1. The van der Waals surface area contributed by atoms with Gasteiger partial charge in [-0.3, -0.25) is 9.48 Å². The molecule has 20 heavy (non-hydrogen) atoms. The Labute approximate surface area is 115 Å². The second-order valence-electron chi connectivity index (χ2n) is 4.49. The van der Waals surface area contributed by atoms with Gasteiger partial charge >= 0.3 is 0 Å². The highest BCUT2D eigenvalue weighted by Gasteiger charge is 2.04. The van der Waals surface area contributed by atoms with Crippen LogP contribution in [0.1, 0.15) is 5.56 Å². The van der Waals surface area contributed by atoms with Crippen LogP contribution in [0.25, 0.3) is 10.9 Å². The lowest BCUT2D eigenvalue weighted by atomic mass is 10.2. The summed E-state index contributed by atoms with van der Waals surface area (Å²) >= 11 is 0. The maximum atomic E-state index is 11.8. The number of nitrogens with one attached hydrogen (secondary N) is 1. The molecule has 0 radical (unpaired) electrons. The van der Waals surface area contributed by atoms with E-state index in [1.165, 1.54) is 6.20 Å². The third kappa shape index (κ3) is 2.25. The van der Waals surface area contributed by atoms with Crippen molar-refractivity contribution >= 4 is 16.7 Å². The molecular weight excluding hydrogens is 252 g/mol. The molecule has 0 aliphatic rings. The fourth-order valence-corrected chi connectivity index (χ4v) is 2.13. The Balaban J connectivity index is 2.02. The Morgan fingerprint density at radius 2 is 2.00 bits per heavy atom. The van der Waals surface area contributed by atoms with E-state index < -0.39 is 0 Å².